The maximum Gasteiger partial charge on any atom is 0.407 e. The molecule has 9 nitrogen and oxygen atoms in total. The predicted molar refractivity (Wildman–Crippen MR) is 154 cm³/mol. The summed E-state index contributed by atoms with van der Waals surface area (Å²) >= 11 is 0. The quantitative estimate of drug-likeness (QED) is 0.216. The number of aromatic hydroxyl groups is 1. The zero-order valence-electron chi connectivity index (χ0n) is 24.0. The van der Waals surface area contributed by atoms with Crippen LogP contribution in [0.2, 0.25) is 0 Å². The molecular formula is C33H32N2O7. The summed E-state index contributed by atoms with van der Waals surface area (Å²) < 4.78 is 11.7. The normalized spacial score (nSPS) is 29.3. The Labute approximate surface area is 243 Å². The van der Waals surface area contributed by atoms with Crippen LogP contribution >= 0.6 is 0 Å². The van der Waals surface area contributed by atoms with Gasteiger partial charge in [0.2, 0.25) is 0 Å². The van der Waals surface area contributed by atoms with E-state index in [1.165, 1.54) is 6.07 Å². The van der Waals surface area contributed by atoms with Gasteiger partial charge in [0.05, 0.1) is 23.3 Å². The third-order valence-electron chi connectivity index (χ3n) is 8.33. The lowest BCUT2D eigenvalue weighted by Crippen LogP contribution is -2.53. The number of nitrogens with one attached hydrogen (secondary N) is 2. The van der Waals surface area contributed by atoms with Gasteiger partial charge in [0.1, 0.15) is 29.1 Å². The number of phenolic OH excluding ortho intramolecular Hbond substituents is 1. The lowest BCUT2D eigenvalue weighted by Gasteiger charge is -2.39. The predicted octanol–water partition coefficient (Wildman–Crippen LogP) is 3.39. The summed E-state index contributed by atoms with van der Waals surface area (Å²) in [5, 5.41) is 39.9. The minimum atomic E-state index is -1.33. The van der Waals surface area contributed by atoms with Crippen molar-refractivity contribution in [2.45, 2.75) is 76.2 Å². The number of benzene rings is 2. The smallest absolute Gasteiger partial charge is 0.407 e. The maximum atomic E-state index is 14.1. The van der Waals surface area contributed by atoms with E-state index in [9.17, 15) is 24.9 Å². The zero-order valence-corrected chi connectivity index (χ0v) is 24.0. The first kappa shape index (κ1) is 27.9. The second kappa shape index (κ2) is 9.37. The number of hydrogen-bond donors (Lipinski definition) is 5. The minimum Gasteiger partial charge on any atom is -0.508 e. The monoisotopic (exact) mass is 568 g/mol. The summed E-state index contributed by atoms with van der Waals surface area (Å²) in [5.74, 6) is 11.1. The molecule has 1 fully saturated rings. The van der Waals surface area contributed by atoms with Gasteiger partial charge in [-0.1, -0.05) is 41.9 Å². The molecule has 2 aromatic rings. The van der Waals surface area contributed by atoms with Gasteiger partial charge >= 0.3 is 6.09 Å². The summed E-state index contributed by atoms with van der Waals surface area (Å²) in [5.41, 5.74) is -0.707. The first-order chi connectivity index (χ1) is 19.8. The Morgan fingerprint density at radius 1 is 1.21 bits per heavy atom. The highest BCUT2D eigenvalue weighted by molar-refractivity contribution is 6.17. The molecule has 1 amide bonds. The van der Waals surface area contributed by atoms with Gasteiger partial charge in [-0.15, -0.1) is 0 Å². The van der Waals surface area contributed by atoms with Gasteiger partial charge in [-0.3, -0.25) is 4.79 Å². The number of ether oxygens (including phenoxy) is 2. The highest BCUT2D eigenvalue weighted by atomic mass is 16.6. The standard InChI is InChI=1S/C33H32N2O7/c1-17-10-8-6-7-9-11-24-33(18(2)36)32(17,42-33)22-15-23(37)25-26(27(22)35-24)28(38)20-13-12-19(14-21(20)29(25)39)16-34-30(40)41-31(3,4)5/h6-7,12-15,17-18,24,29,35-37,39H,16H2,1-5H3,(H,34,40)/b7-6-/t17-,18-,24+,29?,32-,33+/m1/s1. The molecule has 42 heavy (non-hydrogen) atoms. The second-order valence-electron chi connectivity index (χ2n) is 12.1. The molecule has 2 aliphatic heterocycles. The zero-order chi connectivity index (χ0) is 30.2. The molecule has 9 heteroatoms. The van der Waals surface area contributed by atoms with Gasteiger partial charge in [-0.2, -0.15) is 0 Å². The topological polar surface area (TPSA) is 141 Å². The van der Waals surface area contributed by atoms with Gasteiger partial charge in [-0.25, -0.2) is 4.79 Å². The highest BCUT2D eigenvalue weighted by Gasteiger charge is 2.81. The molecule has 0 radical (unpaired) electrons. The number of rotatable bonds is 3. The third kappa shape index (κ3) is 3.93. The van der Waals surface area contributed by atoms with E-state index in [2.05, 4.69) is 34.3 Å². The van der Waals surface area contributed by atoms with Crippen LogP contribution in [0.15, 0.2) is 36.4 Å². The summed E-state index contributed by atoms with van der Waals surface area (Å²) in [7, 11) is 0. The van der Waals surface area contributed by atoms with Crippen LogP contribution < -0.4 is 10.6 Å². The fraction of sp³-hybridized carbons (Fsp3) is 0.394. The lowest BCUT2D eigenvalue weighted by molar-refractivity contribution is 0.0523. The van der Waals surface area contributed by atoms with Crippen LogP contribution in [0.3, 0.4) is 0 Å². The van der Waals surface area contributed by atoms with Gasteiger partial charge in [0.15, 0.2) is 11.4 Å². The Balaban J connectivity index is 1.44. The maximum absolute atomic E-state index is 14.1. The minimum absolute atomic E-state index is 0.0637. The molecule has 0 aromatic heterocycles. The van der Waals surface area contributed by atoms with Crippen LogP contribution in [-0.2, 0) is 21.6 Å². The van der Waals surface area contributed by atoms with Crippen molar-refractivity contribution < 1.29 is 34.4 Å². The Morgan fingerprint density at radius 2 is 1.93 bits per heavy atom. The van der Waals surface area contributed by atoms with Crippen molar-refractivity contribution in [2.75, 3.05) is 5.32 Å². The Bertz CT molecular complexity index is 1700. The van der Waals surface area contributed by atoms with Crippen molar-refractivity contribution >= 4 is 17.6 Å². The number of alkyl carbamates (subject to hydrolysis) is 1. The molecule has 1 unspecified atom stereocenters. The van der Waals surface area contributed by atoms with Crippen LogP contribution in [0.5, 0.6) is 5.75 Å². The SMILES string of the molecule is C[C@@H]1C#C/C=C\C#C[C@@H]2Nc3c(cc(O)c4c3C(=O)c3ccc(CNC(=O)OC(C)(C)C)cc3C4O)[C@]13O[C@@]23[C@@H](C)O. The van der Waals surface area contributed by atoms with Gasteiger partial charge in [-0.05, 0) is 64.0 Å². The number of aliphatic hydroxyl groups is 2. The Morgan fingerprint density at radius 3 is 2.62 bits per heavy atom. The molecule has 6 rings (SSSR count). The average Bonchev–Trinajstić information content (AvgIpc) is 3.65. The molecule has 5 N–H and O–H groups in total. The summed E-state index contributed by atoms with van der Waals surface area (Å²) in [6.45, 7) is 8.91. The van der Waals surface area contributed by atoms with Crippen molar-refractivity contribution in [3.63, 3.8) is 0 Å². The van der Waals surface area contributed by atoms with E-state index in [1.54, 1.807) is 58.0 Å². The number of epoxide rings is 1. The van der Waals surface area contributed by atoms with E-state index in [0.29, 0.717) is 22.4 Å². The number of ketones is 1. The van der Waals surface area contributed by atoms with Crippen LogP contribution in [0.1, 0.15) is 78.9 Å². The number of carbonyl (C=O) groups is 2. The molecule has 4 aliphatic rings. The van der Waals surface area contributed by atoms with E-state index in [0.717, 1.165) is 0 Å². The Kier molecular flexibility index (Phi) is 6.22. The number of carbonyl (C=O) groups excluding carboxylic acids is 2. The van der Waals surface area contributed by atoms with Crippen molar-refractivity contribution in [3.05, 3.63) is 69.8 Å². The molecular weight excluding hydrogens is 536 g/mol. The fourth-order valence-electron chi connectivity index (χ4n) is 6.53. The third-order valence-corrected chi connectivity index (χ3v) is 8.33. The molecule has 2 aliphatic carbocycles. The number of phenols is 1. The molecule has 2 bridgehead atoms. The summed E-state index contributed by atoms with van der Waals surface area (Å²) in [6.07, 6.45) is 0.387. The summed E-state index contributed by atoms with van der Waals surface area (Å²) in [6, 6.07) is 5.72. The van der Waals surface area contributed by atoms with E-state index in [1.807, 2.05) is 6.92 Å². The molecule has 2 aromatic carbocycles. The Hall–Kier alpha value is -4.28. The van der Waals surface area contributed by atoms with Crippen molar-refractivity contribution in [1.29, 1.82) is 0 Å². The molecule has 0 saturated carbocycles. The first-order valence-electron chi connectivity index (χ1n) is 13.9. The van der Waals surface area contributed by atoms with Crippen LogP contribution in [-0.4, -0.2) is 50.5 Å². The van der Waals surface area contributed by atoms with Crippen molar-refractivity contribution in [2.24, 2.45) is 5.92 Å². The number of hydrogen-bond acceptors (Lipinski definition) is 8. The van der Waals surface area contributed by atoms with E-state index >= 15 is 0 Å². The second-order valence-corrected chi connectivity index (χ2v) is 12.1. The average molecular weight is 569 g/mol. The van der Waals surface area contributed by atoms with E-state index < -0.39 is 52.8 Å². The van der Waals surface area contributed by atoms with Gasteiger partial charge < -0.3 is 35.4 Å². The van der Waals surface area contributed by atoms with Crippen LogP contribution in [0, 0.1) is 29.6 Å². The van der Waals surface area contributed by atoms with E-state index in [-0.39, 0.29) is 29.0 Å². The number of allylic oxidation sites excluding steroid dienone is 2. The highest BCUT2D eigenvalue weighted by Crippen LogP contribution is 2.69. The van der Waals surface area contributed by atoms with Gasteiger partial charge in [0.25, 0.3) is 0 Å². The van der Waals surface area contributed by atoms with Gasteiger partial charge in [0, 0.05) is 23.2 Å². The first-order valence-corrected chi connectivity index (χ1v) is 13.9. The number of anilines is 1. The molecule has 6 atom stereocenters. The number of fused-ring (bicyclic) bond motifs is 4. The van der Waals surface area contributed by atoms with E-state index in [4.69, 9.17) is 9.47 Å². The summed E-state index contributed by atoms with van der Waals surface area (Å²) in [4.78, 5) is 26.2. The fourth-order valence-corrected chi connectivity index (χ4v) is 6.53. The molecule has 216 valence electrons. The molecule has 0 spiro atoms. The number of aliphatic hydroxyl groups excluding tert-OH is 2. The molecule has 1 saturated heterocycles. The van der Waals surface area contributed by atoms with Crippen molar-refractivity contribution in [1.82, 2.24) is 5.32 Å². The van der Waals surface area contributed by atoms with Crippen LogP contribution in [0.4, 0.5) is 10.5 Å². The largest absolute Gasteiger partial charge is 0.508 e. The van der Waals surface area contributed by atoms with Crippen molar-refractivity contribution in [3.8, 4) is 29.4 Å². The lowest BCUT2D eigenvalue weighted by atomic mass is 9.67. The number of amides is 1. The van der Waals surface area contributed by atoms with Crippen LogP contribution in [0.25, 0.3) is 0 Å². The molecule has 2 heterocycles.